The second-order valence-corrected chi connectivity index (χ2v) is 6.46. The van der Waals surface area contributed by atoms with Crippen LogP contribution in [0, 0.1) is 0 Å². The lowest BCUT2D eigenvalue weighted by Gasteiger charge is -2.11. The molecular formula is C11H19NO2S2. The first-order chi connectivity index (χ1) is 7.61. The number of methoxy groups -OCH3 is 1. The Balaban J connectivity index is 2.25. The Morgan fingerprint density at radius 3 is 2.88 bits per heavy atom. The molecule has 0 fully saturated rings. The summed E-state index contributed by atoms with van der Waals surface area (Å²) >= 11 is 1.65. The summed E-state index contributed by atoms with van der Waals surface area (Å²) in [6.45, 7) is 2.98. The molecule has 1 N–H and O–H groups in total. The molecule has 1 aromatic heterocycles. The van der Waals surface area contributed by atoms with Crippen molar-refractivity contribution in [3.8, 4) is 5.06 Å². The van der Waals surface area contributed by atoms with Gasteiger partial charge in [0, 0.05) is 40.3 Å². The van der Waals surface area contributed by atoms with E-state index in [9.17, 15) is 4.21 Å². The van der Waals surface area contributed by atoms with E-state index in [-0.39, 0.29) is 0 Å². The maximum atomic E-state index is 10.9. The number of nitrogens with one attached hydrogen (secondary N) is 1. The molecule has 2 unspecified atom stereocenters. The molecule has 0 aliphatic heterocycles. The predicted octanol–water partition coefficient (Wildman–Crippen LogP) is 2.00. The summed E-state index contributed by atoms with van der Waals surface area (Å²) in [5.41, 5.74) is 0. The topological polar surface area (TPSA) is 38.3 Å². The van der Waals surface area contributed by atoms with Crippen LogP contribution >= 0.6 is 11.3 Å². The Kier molecular flexibility index (Phi) is 6.01. The van der Waals surface area contributed by atoms with E-state index in [1.807, 2.05) is 6.07 Å². The number of rotatable bonds is 7. The lowest BCUT2D eigenvalue weighted by molar-refractivity contribution is 0.427. The number of hydrogen-bond acceptors (Lipinski definition) is 4. The first kappa shape index (κ1) is 13.7. The number of ether oxygens (including phenoxy) is 1. The molecule has 0 spiro atoms. The SMILES string of the molecule is COc1ccc(CNC(C)CCS(C)=O)s1. The van der Waals surface area contributed by atoms with Gasteiger partial charge in [0.1, 0.15) is 0 Å². The minimum Gasteiger partial charge on any atom is -0.487 e. The molecular weight excluding hydrogens is 242 g/mol. The monoisotopic (exact) mass is 261 g/mol. The van der Waals surface area contributed by atoms with Crippen LogP contribution < -0.4 is 10.1 Å². The van der Waals surface area contributed by atoms with Crippen LogP contribution in [-0.4, -0.2) is 29.4 Å². The predicted molar refractivity (Wildman–Crippen MR) is 70.7 cm³/mol. The highest BCUT2D eigenvalue weighted by atomic mass is 32.2. The minimum absolute atomic E-state index is 0.400. The van der Waals surface area contributed by atoms with Crippen LogP contribution in [0.5, 0.6) is 5.06 Å². The number of thiophene rings is 1. The highest BCUT2D eigenvalue weighted by Gasteiger charge is 2.04. The van der Waals surface area contributed by atoms with Crippen molar-refractivity contribution in [2.24, 2.45) is 0 Å². The minimum atomic E-state index is -0.689. The fourth-order valence-corrected chi connectivity index (χ4v) is 2.74. The fraction of sp³-hybridized carbons (Fsp3) is 0.636. The third-order valence-corrected chi connectivity index (χ3v) is 4.16. The fourth-order valence-electron chi connectivity index (χ4n) is 1.28. The summed E-state index contributed by atoms with van der Waals surface area (Å²) in [6.07, 6.45) is 2.70. The van der Waals surface area contributed by atoms with E-state index in [4.69, 9.17) is 4.74 Å². The summed E-state index contributed by atoms with van der Waals surface area (Å²) in [6, 6.07) is 4.45. The van der Waals surface area contributed by atoms with Gasteiger partial charge in [-0.15, -0.1) is 11.3 Å². The molecule has 1 rings (SSSR count). The van der Waals surface area contributed by atoms with Gasteiger partial charge in [0.2, 0.25) is 0 Å². The van der Waals surface area contributed by atoms with Crippen molar-refractivity contribution >= 4 is 22.1 Å². The van der Waals surface area contributed by atoms with Gasteiger partial charge in [-0.3, -0.25) is 4.21 Å². The number of hydrogen-bond donors (Lipinski definition) is 1. The molecule has 2 atom stereocenters. The van der Waals surface area contributed by atoms with Crippen LogP contribution in [0.4, 0.5) is 0 Å². The molecule has 16 heavy (non-hydrogen) atoms. The second kappa shape index (κ2) is 7.04. The third kappa shape index (κ3) is 5.09. The average molecular weight is 261 g/mol. The van der Waals surface area contributed by atoms with Crippen molar-refractivity contribution in [2.45, 2.75) is 25.9 Å². The Hall–Kier alpha value is -0.390. The van der Waals surface area contributed by atoms with Crippen molar-refractivity contribution in [3.05, 3.63) is 17.0 Å². The summed E-state index contributed by atoms with van der Waals surface area (Å²) in [5.74, 6) is 0.766. The van der Waals surface area contributed by atoms with Crippen molar-refractivity contribution < 1.29 is 8.95 Å². The summed E-state index contributed by atoms with van der Waals surface area (Å²) < 4.78 is 16.1. The van der Waals surface area contributed by atoms with E-state index >= 15 is 0 Å². The van der Waals surface area contributed by atoms with Crippen LogP contribution in [0.1, 0.15) is 18.2 Å². The van der Waals surface area contributed by atoms with Gasteiger partial charge in [0.15, 0.2) is 5.06 Å². The first-order valence-corrected chi connectivity index (χ1v) is 7.82. The Bertz CT molecular complexity index is 338. The van der Waals surface area contributed by atoms with Gasteiger partial charge in [0.05, 0.1) is 7.11 Å². The molecule has 0 radical (unpaired) electrons. The van der Waals surface area contributed by atoms with E-state index in [0.29, 0.717) is 6.04 Å². The van der Waals surface area contributed by atoms with E-state index in [1.54, 1.807) is 24.7 Å². The van der Waals surface area contributed by atoms with Crippen molar-refractivity contribution in [3.63, 3.8) is 0 Å². The molecule has 1 heterocycles. The van der Waals surface area contributed by atoms with Crippen LogP contribution in [0.3, 0.4) is 0 Å². The molecule has 0 aliphatic rings. The highest BCUT2D eigenvalue weighted by molar-refractivity contribution is 7.84. The lowest BCUT2D eigenvalue weighted by atomic mass is 10.2. The zero-order chi connectivity index (χ0) is 12.0. The van der Waals surface area contributed by atoms with Gasteiger partial charge in [-0.2, -0.15) is 0 Å². The third-order valence-electron chi connectivity index (χ3n) is 2.30. The molecule has 0 saturated heterocycles. The molecule has 0 bridgehead atoms. The first-order valence-electron chi connectivity index (χ1n) is 5.28. The normalized spacial score (nSPS) is 14.7. The molecule has 5 heteroatoms. The van der Waals surface area contributed by atoms with E-state index in [0.717, 1.165) is 23.8 Å². The molecule has 3 nitrogen and oxygen atoms in total. The molecule has 0 saturated carbocycles. The van der Waals surface area contributed by atoms with Crippen LogP contribution in [0.25, 0.3) is 0 Å². The molecule has 92 valence electrons. The second-order valence-electron chi connectivity index (χ2n) is 3.77. The van der Waals surface area contributed by atoms with Crippen molar-refractivity contribution in [1.29, 1.82) is 0 Å². The quantitative estimate of drug-likeness (QED) is 0.816. The summed E-state index contributed by atoms with van der Waals surface area (Å²) in [7, 11) is 0.994. The maximum Gasteiger partial charge on any atom is 0.173 e. The molecule has 1 aromatic rings. The van der Waals surface area contributed by atoms with E-state index < -0.39 is 10.8 Å². The van der Waals surface area contributed by atoms with Gasteiger partial charge < -0.3 is 10.1 Å². The van der Waals surface area contributed by atoms with Gasteiger partial charge >= 0.3 is 0 Å². The summed E-state index contributed by atoms with van der Waals surface area (Å²) in [5, 5.41) is 4.36. The maximum absolute atomic E-state index is 10.9. The standard InChI is InChI=1S/C11H19NO2S2/c1-9(6-7-16(3)13)12-8-10-4-5-11(14-2)15-10/h4-5,9,12H,6-8H2,1-3H3. The lowest BCUT2D eigenvalue weighted by Crippen LogP contribution is -2.26. The van der Waals surface area contributed by atoms with E-state index in [2.05, 4.69) is 18.3 Å². The van der Waals surface area contributed by atoms with Crippen LogP contribution in [0.15, 0.2) is 12.1 Å². The Labute approximate surface area is 104 Å². The summed E-state index contributed by atoms with van der Waals surface area (Å²) in [4.78, 5) is 1.27. The van der Waals surface area contributed by atoms with E-state index in [1.165, 1.54) is 4.88 Å². The smallest absolute Gasteiger partial charge is 0.173 e. The van der Waals surface area contributed by atoms with Crippen LogP contribution in [0.2, 0.25) is 0 Å². The van der Waals surface area contributed by atoms with Gasteiger partial charge in [-0.25, -0.2) is 0 Å². The molecule has 0 amide bonds. The zero-order valence-electron chi connectivity index (χ0n) is 9.99. The Morgan fingerprint density at radius 2 is 2.31 bits per heavy atom. The Morgan fingerprint density at radius 1 is 1.56 bits per heavy atom. The van der Waals surface area contributed by atoms with Crippen LogP contribution in [-0.2, 0) is 17.3 Å². The molecule has 0 aromatic carbocycles. The largest absolute Gasteiger partial charge is 0.487 e. The van der Waals surface area contributed by atoms with Gasteiger partial charge in [0.25, 0.3) is 0 Å². The molecule has 0 aliphatic carbocycles. The van der Waals surface area contributed by atoms with Gasteiger partial charge in [-0.05, 0) is 25.5 Å². The van der Waals surface area contributed by atoms with Crippen molar-refractivity contribution in [2.75, 3.05) is 19.1 Å². The zero-order valence-corrected chi connectivity index (χ0v) is 11.6. The highest BCUT2D eigenvalue weighted by Crippen LogP contribution is 2.23. The van der Waals surface area contributed by atoms with Gasteiger partial charge in [-0.1, -0.05) is 0 Å². The average Bonchev–Trinajstić information content (AvgIpc) is 2.71. The van der Waals surface area contributed by atoms with Crippen molar-refractivity contribution in [1.82, 2.24) is 5.32 Å².